The quantitative estimate of drug-likeness (QED) is 0.464. The third-order valence-corrected chi connectivity index (χ3v) is 6.72. The van der Waals surface area contributed by atoms with Gasteiger partial charge in [-0.1, -0.05) is 42.0 Å². The minimum absolute atomic E-state index is 0.113. The molecule has 1 atom stereocenters. The van der Waals surface area contributed by atoms with E-state index in [2.05, 4.69) is 49.4 Å². The normalized spacial score (nSPS) is 17.1. The minimum Gasteiger partial charge on any atom is -0.489 e. The van der Waals surface area contributed by atoms with Gasteiger partial charge in [0.1, 0.15) is 12.4 Å². The molecule has 31 heavy (non-hydrogen) atoms. The first-order valence-corrected chi connectivity index (χ1v) is 11.4. The summed E-state index contributed by atoms with van der Waals surface area (Å²) in [7, 11) is 0. The molecule has 158 valence electrons. The molecule has 0 aromatic heterocycles. The largest absolute Gasteiger partial charge is 0.489 e. The van der Waals surface area contributed by atoms with Crippen molar-refractivity contribution < 1.29 is 9.53 Å². The Morgan fingerprint density at radius 1 is 1.03 bits per heavy atom. The van der Waals surface area contributed by atoms with Crippen LogP contribution in [0.5, 0.6) is 5.75 Å². The maximum Gasteiger partial charge on any atom is 0.258 e. The van der Waals surface area contributed by atoms with Crippen LogP contribution in [0.2, 0.25) is 0 Å². The summed E-state index contributed by atoms with van der Waals surface area (Å²) >= 11 is 6.02. The topological polar surface area (TPSA) is 29.5 Å². The highest BCUT2D eigenvalue weighted by Gasteiger charge is 2.37. The summed E-state index contributed by atoms with van der Waals surface area (Å²) in [6.07, 6.45) is 2.79. The molecule has 3 nitrogen and oxygen atoms in total. The maximum atomic E-state index is 13.5. The molecular weight excluding hydrogens is 406 g/mol. The van der Waals surface area contributed by atoms with Crippen LogP contribution in [-0.4, -0.2) is 11.9 Å². The zero-order chi connectivity index (χ0) is 21.5. The molecule has 0 unspecified atom stereocenters. The van der Waals surface area contributed by atoms with Crippen molar-refractivity contribution in [2.45, 2.75) is 51.6 Å². The second-order valence-corrected chi connectivity index (χ2v) is 8.99. The van der Waals surface area contributed by atoms with Crippen LogP contribution in [0.1, 0.15) is 50.2 Å². The van der Waals surface area contributed by atoms with Gasteiger partial charge >= 0.3 is 0 Å². The van der Waals surface area contributed by atoms with Crippen LogP contribution in [0.3, 0.4) is 0 Å². The van der Waals surface area contributed by atoms with E-state index in [4.69, 9.17) is 16.3 Å². The fourth-order valence-corrected chi connectivity index (χ4v) is 5.13. The highest BCUT2D eigenvalue weighted by molar-refractivity contribution is 6.17. The van der Waals surface area contributed by atoms with Crippen molar-refractivity contribution in [1.82, 2.24) is 0 Å². The number of aryl methyl sites for hydroxylation is 3. The average Bonchev–Trinajstić information content (AvgIpc) is 3.08. The summed E-state index contributed by atoms with van der Waals surface area (Å²) < 4.78 is 6.20. The van der Waals surface area contributed by atoms with Gasteiger partial charge in [0, 0.05) is 23.2 Å². The van der Waals surface area contributed by atoms with Gasteiger partial charge in [0.05, 0.1) is 0 Å². The second-order valence-electron chi connectivity index (χ2n) is 8.72. The Balaban J connectivity index is 1.42. The van der Waals surface area contributed by atoms with E-state index < -0.39 is 0 Å². The lowest BCUT2D eigenvalue weighted by molar-refractivity contribution is 0.0981. The number of anilines is 1. The van der Waals surface area contributed by atoms with E-state index in [1.54, 1.807) is 0 Å². The van der Waals surface area contributed by atoms with Gasteiger partial charge in [-0.2, -0.15) is 0 Å². The molecule has 0 N–H and O–H groups in total. The molecule has 0 bridgehead atoms. The lowest BCUT2D eigenvalue weighted by atomic mass is 9.98. The molecule has 2 heterocycles. The highest BCUT2D eigenvalue weighted by atomic mass is 35.5. The molecule has 0 saturated heterocycles. The average molecular weight is 432 g/mol. The van der Waals surface area contributed by atoms with Crippen LogP contribution in [-0.2, 0) is 25.3 Å². The predicted molar refractivity (Wildman–Crippen MR) is 125 cm³/mol. The lowest BCUT2D eigenvalue weighted by Crippen LogP contribution is -2.36. The number of ether oxygens (including phenoxy) is 1. The number of nitrogens with zero attached hydrogens (tertiary/aromatic N) is 1. The van der Waals surface area contributed by atoms with Crippen LogP contribution in [0.15, 0.2) is 54.6 Å². The Hall–Kier alpha value is -2.78. The van der Waals surface area contributed by atoms with E-state index in [1.807, 2.05) is 24.0 Å². The Kier molecular flexibility index (Phi) is 5.23. The van der Waals surface area contributed by atoms with Gasteiger partial charge in [-0.3, -0.25) is 4.79 Å². The SMILES string of the molecule is Cc1cc(CCl)cc(COc2cc3c(cc2C)C(=O)N2c4ccccc4C[C@H]2CC3)c1. The van der Waals surface area contributed by atoms with Gasteiger partial charge < -0.3 is 9.64 Å². The third kappa shape index (κ3) is 3.72. The third-order valence-electron chi connectivity index (χ3n) is 6.41. The van der Waals surface area contributed by atoms with Gasteiger partial charge in [0.15, 0.2) is 0 Å². The summed E-state index contributed by atoms with van der Waals surface area (Å²) in [5.41, 5.74) is 8.62. The Labute approximate surface area is 188 Å². The van der Waals surface area contributed by atoms with Gasteiger partial charge in [-0.15, -0.1) is 11.6 Å². The number of carbonyl (C=O) groups excluding carboxylic acids is 1. The molecule has 3 aromatic rings. The van der Waals surface area contributed by atoms with Gasteiger partial charge in [0.2, 0.25) is 0 Å². The summed E-state index contributed by atoms with van der Waals surface area (Å²) in [6, 6.07) is 18.9. The standard InChI is InChI=1S/C27H26ClNO2/c1-17-9-19(15-28)12-20(10-17)16-31-26-14-21-7-8-23-13-22-5-3-4-6-25(22)29(23)27(30)24(21)11-18(26)2/h3-6,9-12,14,23H,7-8,13,15-16H2,1-2H3/t23-/m1/s1. The first-order valence-electron chi connectivity index (χ1n) is 10.9. The lowest BCUT2D eigenvalue weighted by Gasteiger charge is -2.23. The van der Waals surface area contributed by atoms with E-state index >= 15 is 0 Å². The number of alkyl halides is 1. The van der Waals surface area contributed by atoms with E-state index in [0.717, 1.165) is 58.5 Å². The van der Waals surface area contributed by atoms with Crippen LogP contribution in [0.25, 0.3) is 0 Å². The number of rotatable bonds is 4. The first-order chi connectivity index (χ1) is 15.0. The molecule has 4 heteroatoms. The monoisotopic (exact) mass is 431 g/mol. The Bertz CT molecular complexity index is 1170. The smallest absolute Gasteiger partial charge is 0.258 e. The van der Waals surface area contributed by atoms with Crippen molar-refractivity contribution in [1.29, 1.82) is 0 Å². The molecule has 3 aromatic carbocycles. The van der Waals surface area contributed by atoms with Gasteiger partial charge in [-0.05, 0) is 79.1 Å². The molecule has 0 saturated carbocycles. The molecule has 2 aliphatic rings. The number of fused-ring (bicyclic) bond motifs is 4. The van der Waals surface area contributed by atoms with Crippen LogP contribution >= 0.6 is 11.6 Å². The van der Waals surface area contributed by atoms with Crippen molar-refractivity contribution in [3.63, 3.8) is 0 Å². The molecule has 5 rings (SSSR count). The number of carbonyl (C=O) groups is 1. The number of hydrogen-bond acceptors (Lipinski definition) is 2. The van der Waals surface area contributed by atoms with Crippen LogP contribution in [0.4, 0.5) is 5.69 Å². The van der Waals surface area contributed by atoms with Crippen molar-refractivity contribution in [3.8, 4) is 5.75 Å². The van der Waals surface area contributed by atoms with Crippen LogP contribution < -0.4 is 9.64 Å². The first kappa shape index (κ1) is 20.1. The second kappa shape index (κ2) is 8.05. The zero-order valence-corrected chi connectivity index (χ0v) is 18.7. The summed E-state index contributed by atoms with van der Waals surface area (Å²) in [5, 5.41) is 0. The van der Waals surface area contributed by atoms with Gasteiger partial charge in [-0.25, -0.2) is 0 Å². The predicted octanol–water partition coefficient (Wildman–Crippen LogP) is 6.14. The van der Waals surface area contributed by atoms with Gasteiger partial charge in [0.25, 0.3) is 5.91 Å². The fourth-order valence-electron chi connectivity index (χ4n) is 4.98. The van der Waals surface area contributed by atoms with E-state index in [9.17, 15) is 4.79 Å². The van der Waals surface area contributed by atoms with Crippen molar-refractivity contribution >= 4 is 23.2 Å². The van der Waals surface area contributed by atoms with E-state index in [0.29, 0.717) is 12.5 Å². The number of halogens is 1. The molecule has 0 aliphatic carbocycles. The number of para-hydroxylation sites is 1. The van der Waals surface area contributed by atoms with E-state index in [1.165, 1.54) is 11.1 Å². The van der Waals surface area contributed by atoms with Crippen molar-refractivity contribution in [2.75, 3.05) is 4.90 Å². The summed E-state index contributed by atoms with van der Waals surface area (Å²) in [6.45, 7) is 4.58. The summed E-state index contributed by atoms with van der Waals surface area (Å²) in [4.78, 5) is 15.5. The van der Waals surface area contributed by atoms with Crippen molar-refractivity contribution in [2.24, 2.45) is 0 Å². The molecule has 2 aliphatic heterocycles. The Morgan fingerprint density at radius 3 is 2.68 bits per heavy atom. The maximum absolute atomic E-state index is 13.5. The number of hydrogen-bond donors (Lipinski definition) is 0. The molecular formula is C27H26ClNO2. The van der Waals surface area contributed by atoms with Crippen LogP contribution in [0, 0.1) is 13.8 Å². The van der Waals surface area contributed by atoms with Crippen molar-refractivity contribution in [3.05, 3.63) is 93.5 Å². The molecule has 1 amide bonds. The molecule has 0 spiro atoms. The molecule has 0 radical (unpaired) electrons. The van der Waals surface area contributed by atoms with E-state index in [-0.39, 0.29) is 11.9 Å². The molecule has 0 fully saturated rings. The zero-order valence-electron chi connectivity index (χ0n) is 18.0. The fraction of sp³-hybridized carbons (Fsp3) is 0.296. The Morgan fingerprint density at radius 2 is 1.84 bits per heavy atom. The summed E-state index contributed by atoms with van der Waals surface area (Å²) in [5.74, 6) is 1.46. The highest BCUT2D eigenvalue weighted by Crippen LogP contribution is 2.39. The number of benzene rings is 3. The number of amides is 1. The minimum atomic E-state index is 0.113.